The molecule has 1 saturated carbocycles. The highest BCUT2D eigenvalue weighted by Gasteiger charge is 2.18. The molecule has 4 nitrogen and oxygen atoms in total. The minimum absolute atomic E-state index is 0.382. The van der Waals surface area contributed by atoms with E-state index in [9.17, 15) is 5.11 Å². The smallest absolute Gasteiger partial charge is 0.0897 e. The maximum Gasteiger partial charge on any atom is 0.0897 e. The van der Waals surface area contributed by atoms with Gasteiger partial charge in [0.1, 0.15) is 0 Å². The summed E-state index contributed by atoms with van der Waals surface area (Å²) in [5.41, 5.74) is 0. The molecule has 0 spiro atoms. The highest BCUT2D eigenvalue weighted by molar-refractivity contribution is 4.75. The summed E-state index contributed by atoms with van der Waals surface area (Å²) in [5.74, 6) is 0. The Kier molecular flexibility index (Phi) is 11.1. The average molecular weight is 300 g/mol. The van der Waals surface area contributed by atoms with Crippen LogP contribution in [0.1, 0.15) is 58.3 Å². The fourth-order valence-electron chi connectivity index (χ4n) is 2.96. The lowest BCUT2D eigenvalue weighted by Gasteiger charge is -2.24. The summed E-state index contributed by atoms with van der Waals surface area (Å²) in [6.07, 6.45) is 9.97. The first kappa shape index (κ1) is 18.9. The minimum Gasteiger partial charge on any atom is -0.389 e. The van der Waals surface area contributed by atoms with Crippen molar-refractivity contribution < 1.29 is 9.84 Å². The number of hydrogen-bond acceptors (Lipinski definition) is 4. The molecule has 0 aromatic rings. The number of rotatable bonds is 13. The summed E-state index contributed by atoms with van der Waals surface area (Å²) in [5, 5.41) is 13.2. The van der Waals surface area contributed by atoms with Crippen molar-refractivity contribution in [2.75, 3.05) is 39.9 Å². The van der Waals surface area contributed by atoms with Gasteiger partial charge in [-0.05, 0) is 26.3 Å². The van der Waals surface area contributed by atoms with Gasteiger partial charge in [0.25, 0.3) is 0 Å². The largest absolute Gasteiger partial charge is 0.389 e. The molecule has 1 fully saturated rings. The second-order valence-electron chi connectivity index (χ2n) is 6.41. The van der Waals surface area contributed by atoms with E-state index in [0.29, 0.717) is 13.2 Å². The van der Waals surface area contributed by atoms with Crippen LogP contribution in [0.15, 0.2) is 0 Å². The van der Waals surface area contributed by atoms with Crippen LogP contribution >= 0.6 is 0 Å². The van der Waals surface area contributed by atoms with Gasteiger partial charge in [0.2, 0.25) is 0 Å². The number of nitrogens with zero attached hydrogens (tertiary/aromatic N) is 1. The fourth-order valence-corrected chi connectivity index (χ4v) is 2.96. The number of likely N-dealkylation sites (N-methyl/N-ethyl adjacent to an activating group) is 1. The third-order valence-corrected chi connectivity index (χ3v) is 4.42. The topological polar surface area (TPSA) is 44.7 Å². The van der Waals surface area contributed by atoms with Crippen molar-refractivity contribution in [3.63, 3.8) is 0 Å². The van der Waals surface area contributed by atoms with Crippen molar-refractivity contribution >= 4 is 0 Å². The second-order valence-corrected chi connectivity index (χ2v) is 6.41. The Labute approximate surface area is 131 Å². The molecular formula is C17H36N2O2. The summed E-state index contributed by atoms with van der Waals surface area (Å²) in [7, 11) is 2.22. The Hall–Kier alpha value is -0.160. The van der Waals surface area contributed by atoms with Gasteiger partial charge in [-0.3, -0.25) is 0 Å². The van der Waals surface area contributed by atoms with E-state index in [1.165, 1.54) is 44.9 Å². The number of hydrogen-bond donors (Lipinski definition) is 2. The van der Waals surface area contributed by atoms with Gasteiger partial charge in [0.15, 0.2) is 0 Å². The Morgan fingerprint density at radius 3 is 2.71 bits per heavy atom. The molecule has 1 atom stereocenters. The lowest BCUT2D eigenvalue weighted by molar-refractivity contribution is 0.0352. The normalized spacial score (nSPS) is 17.7. The highest BCUT2D eigenvalue weighted by atomic mass is 16.5. The van der Waals surface area contributed by atoms with Gasteiger partial charge in [-0.25, -0.2) is 0 Å². The van der Waals surface area contributed by atoms with Crippen molar-refractivity contribution in [1.82, 2.24) is 10.2 Å². The Bertz CT molecular complexity index is 233. The maximum atomic E-state index is 9.83. The third-order valence-electron chi connectivity index (χ3n) is 4.42. The lowest BCUT2D eigenvalue weighted by atomic mass is 10.2. The second kappa shape index (κ2) is 12.4. The summed E-state index contributed by atoms with van der Waals surface area (Å²) in [6, 6.07) is 0.781. The average Bonchev–Trinajstić information content (AvgIpc) is 3.01. The van der Waals surface area contributed by atoms with Gasteiger partial charge >= 0.3 is 0 Å². The quantitative estimate of drug-likeness (QED) is 0.513. The van der Waals surface area contributed by atoms with Crippen LogP contribution in [-0.2, 0) is 4.74 Å². The zero-order chi connectivity index (χ0) is 15.3. The summed E-state index contributed by atoms with van der Waals surface area (Å²) in [4.78, 5) is 2.45. The van der Waals surface area contributed by atoms with E-state index in [1.807, 2.05) is 0 Å². The molecule has 0 amide bonds. The number of ether oxygens (including phenoxy) is 1. The molecular weight excluding hydrogens is 264 g/mol. The van der Waals surface area contributed by atoms with Crippen LogP contribution < -0.4 is 5.32 Å². The van der Waals surface area contributed by atoms with Gasteiger partial charge in [-0.15, -0.1) is 0 Å². The predicted octanol–water partition coefficient (Wildman–Crippen LogP) is 2.41. The highest BCUT2D eigenvalue weighted by Crippen LogP contribution is 2.21. The third kappa shape index (κ3) is 9.46. The van der Waals surface area contributed by atoms with Crippen LogP contribution in [-0.4, -0.2) is 62.0 Å². The van der Waals surface area contributed by atoms with Gasteiger partial charge in [-0.1, -0.05) is 39.0 Å². The van der Waals surface area contributed by atoms with Gasteiger partial charge in [0.05, 0.1) is 12.7 Å². The molecule has 1 rings (SSSR count). The van der Waals surface area contributed by atoms with E-state index < -0.39 is 0 Å². The van der Waals surface area contributed by atoms with Crippen molar-refractivity contribution in [2.45, 2.75) is 70.4 Å². The molecule has 1 aliphatic rings. The van der Waals surface area contributed by atoms with Crippen LogP contribution in [0.25, 0.3) is 0 Å². The Morgan fingerprint density at radius 2 is 2.00 bits per heavy atom. The molecule has 0 radical (unpaired) electrons. The number of unbranched alkanes of at least 4 members (excludes halogenated alkanes) is 3. The van der Waals surface area contributed by atoms with Crippen molar-refractivity contribution in [2.24, 2.45) is 0 Å². The fraction of sp³-hybridized carbons (Fsp3) is 1.00. The van der Waals surface area contributed by atoms with Gasteiger partial charge in [0, 0.05) is 32.3 Å². The van der Waals surface area contributed by atoms with Crippen LogP contribution in [0.5, 0.6) is 0 Å². The molecule has 21 heavy (non-hydrogen) atoms. The molecule has 0 heterocycles. The maximum absolute atomic E-state index is 9.83. The number of nitrogens with one attached hydrogen (secondary N) is 1. The Balaban J connectivity index is 1.87. The predicted molar refractivity (Wildman–Crippen MR) is 88.7 cm³/mol. The molecule has 0 aromatic carbocycles. The molecule has 0 aromatic heterocycles. The van der Waals surface area contributed by atoms with Crippen molar-refractivity contribution in [3.05, 3.63) is 0 Å². The van der Waals surface area contributed by atoms with E-state index >= 15 is 0 Å². The van der Waals surface area contributed by atoms with E-state index in [1.54, 1.807) is 0 Å². The van der Waals surface area contributed by atoms with Crippen LogP contribution in [0.2, 0.25) is 0 Å². The molecule has 126 valence electrons. The summed E-state index contributed by atoms with van der Waals surface area (Å²) < 4.78 is 5.50. The zero-order valence-electron chi connectivity index (χ0n) is 14.1. The minimum atomic E-state index is -0.382. The molecule has 2 N–H and O–H groups in total. The van der Waals surface area contributed by atoms with E-state index in [-0.39, 0.29) is 6.10 Å². The molecule has 0 saturated heterocycles. The van der Waals surface area contributed by atoms with Crippen molar-refractivity contribution in [1.29, 1.82) is 0 Å². The Morgan fingerprint density at radius 1 is 1.24 bits per heavy atom. The van der Waals surface area contributed by atoms with Gasteiger partial charge in [-0.2, -0.15) is 0 Å². The molecule has 0 aliphatic heterocycles. The lowest BCUT2D eigenvalue weighted by Crippen LogP contribution is -2.38. The summed E-state index contributed by atoms with van der Waals surface area (Å²) >= 11 is 0. The van der Waals surface area contributed by atoms with Crippen LogP contribution in [0.4, 0.5) is 0 Å². The van der Waals surface area contributed by atoms with E-state index in [4.69, 9.17) is 4.74 Å². The molecule has 4 heteroatoms. The SMILES string of the molecule is CCCCCCOCC(O)CNCCN(C)C1CCCC1. The van der Waals surface area contributed by atoms with Crippen molar-refractivity contribution in [3.8, 4) is 0 Å². The molecule has 1 aliphatic carbocycles. The first-order chi connectivity index (χ1) is 10.2. The first-order valence-corrected chi connectivity index (χ1v) is 8.90. The standard InChI is InChI=1S/C17H36N2O2/c1-3-4-5-8-13-21-15-17(20)14-18-11-12-19(2)16-9-6-7-10-16/h16-18,20H,3-15H2,1-2H3. The summed E-state index contributed by atoms with van der Waals surface area (Å²) in [6.45, 7) is 6.09. The monoisotopic (exact) mass is 300 g/mol. The van der Waals surface area contributed by atoms with E-state index in [0.717, 1.165) is 32.2 Å². The van der Waals surface area contributed by atoms with Gasteiger partial charge < -0.3 is 20.1 Å². The molecule has 1 unspecified atom stereocenters. The zero-order valence-corrected chi connectivity index (χ0v) is 14.1. The van der Waals surface area contributed by atoms with E-state index in [2.05, 4.69) is 24.2 Å². The first-order valence-electron chi connectivity index (χ1n) is 8.90. The number of aliphatic hydroxyl groups excluding tert-OH is 1. The van der Waals surface area contributed by atoms with Crippen LogP contribution in [0.3, 0.4) is 0 Å². The number of aliphatic hydroxyl groups is 1. The van der Waals surface area contributed by atoms with Crippen LogP contribution in [0, 0.1) is 0 Å². The molecule has 0 bridgehead atoms.